The quantitative estimate of drug-likeness (QED) is 0.344. The Morgan fingerprint density at radius 3 is 2.07 bits per heavy atom. The van der Waals surface area contributed by atoms with Gasteiger partial charge in [0.2, 0.25) is 0 Å². The minimum Gasteiger partial charge on any atom is -0.454 e. The van der Waals surface area contributed by atoms with E-state index in [1.165, 1.54) is 18.2 Å². The van der Waals surface area contributed by atoms with Gasteiger partial charge in [-0.1, -0.05) is 64.5 Å². The van der Waals surface area contributed by atoms with Crippen LogP contribution in [0.4, 0.5) is 0 Å². The molecule has 0 N–H and O–H groups in total. The Balaban J connectivity index is 1.61. The lowest BCUT2D eigenvalue weighted by molar-refractivity contribution is 0.0473. The van der Waals surface area contributed by atoms with Gasteiger partial charge in [0.05, 0.1) is 5.56 Å². The van der Waals surface area contributed by atoms with E-state index in [1.807, 2.05) is 0 Å². The summed E-state index contributed by atoms with van der Waals surface area (Å²) in [5.74, 6) is -1.94. The molecule has 0 amide bonds. The van der Waals surface area contributed by atoms with Crippen molar-refractivity contribution in [3.8, 4) is 0 Å². The Bertz CT molecular complexity index is 1180. The van der Waals surface area contributed by atoms with E-state index in [4.69, 9.17) is 4.74 Å². The van der Waals surface area contributed by atoms with Crippen LogP contribution in [0.5, 0.6) is 0 Å². The zero-order valence-electron chi connectivity index (χ0n) is 15.0. The van der Waals surface area contributed by atoms with Crippen molar-refractivity contribution >= 4 is 39.2 Å². The number of Topliss-reactive ketones (excluding diaryl/α,β-unsaturated/α-hetero) is 1. The number of hydrogen-bond acceptors (Lipinski definition) is 5. The molecule has 5 nitrogen and oxygen atoms in total. The second-order valence-electron chi connectivity index (χ2n) is 6.44. The maximum Gasteiger partial charge on any atom is 0.339 e. The van der Waals surface area contributed by atoms with Gasteiger partial charge in [0.1, 0.15) is 0 Å². The monoisotopic (exact) mass is 448 g/mol. The van der Waals surface area contributed by atoms with Crippen LogP contribution in [0.2, 0.25) is 0 Å². The number of ether oxygens (including phenoxy) is 1. The van der Waals surface area contributed by atoms with Gasteiger partial charge in [0.15, 0.2) is 24.0 Å². The Kier molecular flexibility index (Phi) is 4.94. The molecule has 0 saturated carbocycles. The van der Waals surface area contributed by atoms with E-state index in [2.05, 4.69) is 15.9 Å². The predicted octanol–water partition coefficient (Wildman–Crippen LogP) is 4.26. The first-order chi connectivity index (χ1) is 14.0. The average molecular weight is 449 g/mol. The molecule has 0 saturated heterocycles. The average Bonchev–Trinajstić information content (AvgIpc) is 2.75. The van der Waals surface area contributed by atoms with Gasteiger partial charge in [-0.2, -0.15) is 0 Å². The molecule has 6 heteroatoms. The highest BCUT2D eigenvalue weighted by Gasteiger charge is 2.33. The molecule has 3 aromatic rings. The summed E-state index contributed by atoms with van der Waals surface area (Å²) in [5.41, 5.74) is 1.09. The molecular weight excluding hydrogens is 436 g/mol. The maximum absolute atomic E-state index is 12.9. The second kappa shape index (κ2) is 7.56. The van der Waals surface area contributed by atoms with Gasteiger partial charge in [-0.25, -0.2) is 4.79 Å². The number of carbonyl (C=O) groups excluding carboxylic acids is 4. The fourth-order valence-corrected chi connectivity index (χ4v) is 3.51. The predicted molar refractivity (Wildman–Crippen MR) is 109 cm³/mol. The van der Waals surface area contributed by atoms with Crippen LogP contribution >= 0.6 is 15.9 Å². The summed E-state index contributed by atoms with van der Waals surface area (Å²) in [6, 6.07) is 17.6. The lowest BCUT2D eigenvalue weighted by Crippen LogP contribution is -2.25. The molecule has 0 bridgehead atoms. The molecule has 3 aromatic carbocycles. The van der Waals surface area contributed by atoms with E-state index in [0.717, 1.165) is 4.47 Å². The second-order valence-corrected chi connectivity index (χ2v) is 7.35. The highest BCUT2D eigenvalue weighted by molar-refractivity contribution is 9.10. The summed E-state index contributed by atoms with van der Waals surface area (Å²) < 4.78 is 5.97. The fraction of sp³-hybridized carbons (Fsp3) is 0.0435. The van der Waals surface area contributed by atoms with E-state index >= 15 is 0 Å². The molecule has 0 fully saturated rings. The van der Waals surface area contributed by atoms with E-state index in [1.54, 1.807) is 48.5 Å². The Morgan fingerprint density at radius 2 is 1.38 bits per heavy atom. The Hall–Kier alpha value is -3.38. The van der Waals surface area contributed by atoms with Crippen LogP contribution in [-0.4, -0.2) is 29.9 Å². The number of carbonyl (C=O) groups is 4. The smallest absolute Gasteiger partial charge is 0.339 e. The normalized spacial score (nSPS) is 12.2. The van der Waals surface area contributed by atoms with Crippen LogP contribution in [0.25, 0.3) is 0 Å². The molecule has 4 rings (SSSR count). The van der Waals surface area contributed by atoms with Gasteiger partial charge in [-0.05, 0) is 18.2 Å². The lowest BCUT2D eigenvalue weighted by atomic mass is 9.82. The maximum atomic E-state index is 12.9. The summed E-state index contributed by atoms with van der Waals surface area (Å²) in [5, 5.41) is 0. The van der Waals surface area contributed by atoms with Gasteiger partial charge >= 0.3 is 5.97 Å². The Labute approximate surface area is 174 Å². The molecule has 142 valence electrons. The number of hydrogen-bond donors (Lipinski definition) is 0. The van der Waals surface area contributed by atoms with Gasteiger partial charge in [0.25, 0.3) is 0 Å². The van der Waals surface area contributed by atoms with Crippen molar-refractivity contribution in [3.05, 3.63) is 105 Å². The third-order valence-corrected chi connectivity index (χ3v) is 5.20. The zero-order valence-corrected chi connectivity index (χ0v) is 16.6. The summed E-state index contributed by atoms with van der Waals surface area (Å²) in [4.78, 5) is 50.6. The van der Waals surface area contributed by atoms with Gasteiger partial charge in [-0.15, -0.1) is 0 Å². The first kappa shape index (κ1) is 19.0. The van der Waals surface area contributed by atoms with Crippen LogP contribution in [0.15, 0.2) is 71.2 Å². The van der Waals surface area contributed by atoms with E-state index < -0.39 is 18.4 Å². The van der Waals surface area contributed by atoms with Gasteiger partial charge < -0.3 is 4.74 Å². The van der Waals surface area contributed by atoms with Crippen LogP contribution in [-0.2, 0) is 4.74 Å². The van der Waals surface area contributed by atoms with Crippen LogP contribution < -0.4 is 0 Å². The summed E-state index contributed by atoms with van der Waals surface area (Å²) in [6.07, 6.45) is 0. The summed E-state index contributed by atoms with van der Waals surface area (Å²) in [7, 11) is 0. The van der Waals surface area contributed by atoms with Gasteiger partial charge in [-0.3, -0.25) is 14.4 Å². The Morgan fingerprint density at radius 1 is 0.759 bits per heavy atom. The number of fused-ring (bicyclic) bond motifs is 2. The zero-order chi connectivity index (χ0) is 20.5. The molecule has 29 heavy (non-hydrogen) atoms. The van der Waals surface area contributed by atoms with Gasteiger partial charge in [0, 0.05) is 32.3 Å². The van der Waals surface area contributed by atoms with Crippen LogP contribution in [0.3, 0.4) is 0 Å². The third-order valence-electron chi connectivity index (χ3n) is 4.67. The highest BCUT2D eigenvalue weighted by Crippen LogP contribution is 2.29. The first-order valence-corrected chi connectivity index (χ1v) is 9.54. The van der Waals surface area contributed by atoms with Crippen molar-refractivity contribution in [1.29, 1.82) is 0 Å². The van der Waals surface area contributed by atoms with E-state index in [0.29, 0.717) is 11.1 Å². The number of esters is 1. The molecule has 0 aliphatic heterocycles. The molecule has 1 aliphatic carbocycles. The number of ketones is 3. The highest BCUT2D eigenvalue weighted by atomic mass is 79.9. The number of halogens is 1. The topological polar surface area (TPSA) is 77.5 Å². The molecule has 0 aromatic heterocycles. The number of benzene rings is 3. The van der Waals surface area contributed by atoms with Crippen molar-refractivity contribution in [2.75, 3.05) is 6.61 Å². The molecule has 0 radical (unpaired) electrons. The molecular formula is C23H13BrO5. The number of rotatable bonds is 4. The fourth-order valence-electron chi connectivity index (χ4n) is 3.24. The molecule has 0 heterocycles. The van der Waals surface area contributed by atoms with E-state index in [9.17, 15) is 19.2 Å². The van der Waals surface area contributed by atoms with Crippen molar-refractivity contribution in [2.45, 2.75) is 0 Å². The van der Waals surface area contributed by atoms with E-state index in [-0.39, 0.29) is 33.8 Å². The largest absolute Gasteiger partial charge is 0.454 e. The van der Waals surface area contributed by atoms with Crippen molar-refractivity contribution in [1.82, 2.24) is 0 Å². The minimum absolute atomic E-state index is 0.0114. The lowest BCUT2D eigenvalue weighted by Gasteiger charge is -2.19. The van der Waals surface area contributed by atoms with Crippen LogP contribution in [0, 0.1) is 0 Å². The molecule has 0 spiro atoms. The third kappa shape index (κ3) is 3.43. The molecule has 0 atom stereocenters. The summed E-state index contributed by atoms with van der Waals surface area (Å²) in [6.45, 7) is -0.469. The standard InChI is InChI=1S/C23H13BrO5/c24-14-10-8-13(9-11-14)19(25)12-29-23(28)18-7-3-6-17-20(18)22(27)16-5-2-1-4-15(16)21(17)26/h1-11H,12H2. The van der Waals surface area contributed by atoms with Crippen molar-refractivity contribution in [2.24, 2.45) is 0 Å². The van der Waals surface area contributed by atoms with Crippen LogP contribution in [0.1, 0.15) is 52.6 Å². The molecule has 0 unspecified atom stereocenters. The SMILES string of the molecule is O=C(COC(=O)c1cccc2c1C(=O)c1ccccc1C2=O)c1ccc(Br)cc1. The first-order valence-electron chi connectivity index (χ1n) is 8.74. The molecule has 1 aliphatic rings. The minimum atomic E-state index is -0.826. The van der Waals surface area contributed by atoms with Crippen molar-refractivity contribution < 1.29 is 23.9 Å². The summed E-state index contributed by atoms with van der Waals surface area (Å²) >= 11 is 3.29. The van der Waals surface area contributed by atoms with Crippen molar-refractivity contribution in [3.63, 3.8) is 0 Å².